The van der Waals surface area contributed by atoms with Gasteiger partial charge in [-0.15, -0.1) is 0 Å². The van der Waals surface area contributed by atoms with E-state index in [2.05, 4.69) is 0 Å². The van der Waals surface area contributed by atoms with Crippen molar-refractivity contribution in [2.24, 2.45) is 0 Å². The van der Waals surface area contributed by atoms with Gasteiger partial charge in [-0.1, -0.05) is 0 Å². The number of rotatable bonds is 5. The molecule has 0 bridgehead atoms. The van der Waals surface area contributed by atoms with E-state index in [0.717, 1.165) is 0 Å². The molecular weight excluding hydrogens is 276 g/mol. The molecule has 0 fully saturated rings. The molecule has 0 amide bonds. The van der Waals surface area contributed by atoms with Crippen molar-refractivity contribution in [1.29, 1.82) is 0 Å². The number of hydrogen-bond donors (Lipinski definition) is 0. The summed E-state index contributed by atoms with van der Waals surface area (Å²) in [5.74, 6) is -0.471. The number of aromatic nitrogens is 1. The summed E-state index contributed by atoms with van der Waals surface area (Å²) in [7, 11) is 1.46. The van der Waals surface area contributed by atoms with Gasteiger partial charge in [-0.05, 0) is 25.1 Å². The Hall–Kier alpha value is -2.83. The molecule has 1 aromatic carbocycles. The van der Waals surface area contributed by atoms with Gasteiger partial charge in [0.15, 0.2) is 0 Å². The molecule has 1 aromatic heterocycles. The second kappa shape index (κ2) is 6.08. The molecule has 0 spiro atoms. The van der Waals surface area contributed by atoms with E-state index in [-0.39, 0.29) is 12.3 Å². The molecule has 110 valence electrons. The molecule has 0 radical (unpaired) electrons. The van der Waals surface area contributed by atoms with Crippen LogP contribution < -0.4 is 4.84 Å². The summed E-state index contributed by atoms with van der Waals surface area (Å²) >= 11 is 0. The van der Waals surface area contributed by atoms with Crippen molar-refractivity contribution in [3.8, 4) is 11.3 Å². The van der Waals surface area contributed by atoms with Crippen molar-refractivity contribution >= 4 is 11.7 Å². The molecule has 0 atom stereocenters. The van der Waals surface area contributed by atoms with E-state index in [1.165, 1.54) is 24.0 Å². The third-order valence-corrected chi connectivity index (χ3v) is 2.90. The van der Waals surface area contributed by atoms with Crippen LogP contribution in [0.5, 0.6) is 0 Å². The Morgan fingerprint density at radius 2 is 1.95 bits per heavy atom. The van der Waals surface area contributed by atoms with Crippen molar-refractivity contribution in [3.63, 3.8) is 0 Å². The van der Waals surface area contributed by atoms with Crippen molar-refractivity contribution in [2.45, 2.75) is 6.92 Å². The highest BCUT2D eigenvalue weighted by Gasteiger charge is 2.20. The monoisotopic (exact) mass is 290 g/mol. The third kappa shape index (κ3) is 2.86. The first-order valence-electron chi connectivity index (χ1n) is 6.26. The zero-order valence-electron chi connectivity index (χ0n) is 11.6. The highest BCUT2D eigenvalue weighted by atomic mass is 16.6. The number of ether oxygens (including phenoxy) is 1. The van der Waals surface area contributed by atoms with Gasteiger partial charge < -0.3 is 9.57 Å². The SMILES string of the molecule is CCOC(=O)c1ccn(OC)c1-c1ccc([N+](=O)[O-])cc1. The van der Waals surface area contributed by atoms with E-state index in [1.54, 1.807) is 31.3 Å². The maximum absolute atomic E-state index is 11.9. The molecule has 2 rings (SSSR count). The fourth-order valence-electron chi connectivity index (χ4n) is 1.96. The number of carbonyl (C=O) groups is 1. The summed E-state index contributed by atoms with van der Waals surface area (Å²) in [6, 6.07) is 7.45. The molecule has 0 aliphatic heterocycles. The molecule has 7 heteroatoms. The van der Waals surface area contributed by atoms with Gasteiger partial charge in [-0.2, -0.15) is 4.73 Å². The molecule has 0 unspecified atom stereocenters. The molecule has 0 aliphatic carbocycles. The Balaban J connectivity index is 2.48. The maximum atomic E-state index is 11.9. The van der Waals surface area contributed by atoms with Gasteiger partial charge in [0.1, 0.15) is 12.8 Å². The van der Waals surface area contributed by atoms with E-state index >= 15 is 0 Å². The summed E-state index contributed by atoms with van der Waals surface area (Å²) in [6.07, 6.45) is 1.59. The van der Waals surface area contributed by atoms with Gasteiger partial charge in [0.05, 0.1) is 17.1 Å². The summed E-state index contributed by atoms with van der Waals surface area (Å²) in [6.45, 7) is 1.98. The second-order valence-electron chi connectivity index (χ2n) is 4.11. The topological polar surface area (TPSA) is 83.6 Å². The Kier molecular flexibility index (Phi) is 4.22. The van der Waals surface area contributed by atoms with Crippen LogP contribution in [0.3, 0.4) is 0 Å². The first-order chi connectivity index (χ1) is 10.1. The van der Waals surface area contributed by atoms with Crippen LogP contribution in [0.25, 0.3) is 11.3 Å². The molecule has 7 nitrogen and oxygen atoms in total. The third-order valence-electron chi connectivity index (χ3n) is 2.90. The average molecular weight is 290 g/mol. The zero-order chi connectivity index (χ0) is 15.4. The van der Waals surface area contributed by atoms with Crippen LogP contribution in [0.15, 0.2) is 36.5 Å². The summed E-state index contributed by atoms with van der Waals surface area (Å²) in [4.78, 5) is 27.3. The van der Waals surface area contributed by atoms with Crippen LogP contribution in [0.2, 0.25) is 0 Å². The predicted octanol–water partition coefficient (Wildman–Crippen LogP) is 2.30. The van der Waals surface area contributed by atoms with E-state index in [4.69, 9.17) is 9.57 Å². The Morgan fingerprint density at radius 3 is 2.48 bits per heavy atom. The van der Waals surface area contributed by atoms with Crippen LogP contribution >= 0.6 is 0 Å². The first kappa shape index (κ1) is 14.6. The minimum Gasteiger partial charge on any atom is -0.462 e. The molecule has 1 heterocycles. The fourth-order valence-corrected chi connectivity index (χ4v) is 1.96. The molecule has 0 saturated carbocycles. The number of benzene rings is 1. The van der Waals surface area contributed by atoms with Crippen LogP contribution in [-0.4, -0.2) is 29.3 Å². The highest BCUT2D eigenvalue weighted by molar-refractivity contribution is 5.96. The lowest BCUT2D eigenvalue weighted by Gasteiger charge is -2.09. The van der Waals surface area contributed by atoms with Crippen LogP contribution in [-0.2, 0) is 4.74 Å². The smallest absolute Gasteiger partial charge is 0.340 e. The van der Waals surface area contributed by atoms with E-state index in [1.807, 2.05) is 0 Å². The average Bonchev–Trinajstić information content (AvgIpc) is 2.91. The number of hydrogen-bond acceptors (Lipinski definition) is 5. The Bertz CT molecular complexity index is 661. The van der Waals surface area contributed by atoms with Crippen LogP contribution in [0.1, 0.15) is 17.3 Å². The lowest BCUT2D eigenvalue weighted by Crippen LogP contribution is -2.10. The van der Waals surface area contributed by atoms with Gasteiger partial charge in [-0.3, -0.25) is 10.1 Å². The van der Waals surface area contributed by atoms with Gasteiger partial charge in [-0.25, -0.2) is 4.79 Å². The number of nitrogens with zero attached hydrogens (tertiary/aromatic N) is 2. The fraction of sp³-hybridized carbons (Fsp3) is 0.214. The quantitative estimate of drug-likeness (QED) is 0.479. The minimum absolute atomic E-state index is 0.0213. The largest absolute Gasteiger partial charge is 0.462 e. The van der Waals surface area contributed by atoms with Crippen molar-refractivity contribution in [1.82, 2.24) is 4.73 Å². The summed E-state index contributed by atoms with van der Waals surface area (Å²) in [5.41, 5.74) is 1.43. The van der Waals surface area contributed by atoms with Gasteiger partial charge in [0, 0.05) is 23.9 Å². The lowest BCUT2D eigenvalue weighted by molar-refractivity contribution is -0.384. The minimum atomic E-state index is -0.481. The first-order valence-corrected chi connectivity index (χ1v) is 6.26. The van der Waals surface area contributed by atoms with Crippen molar-refractivity contribution < 1.29 is 19.3 Å². The van der Waals surface area contributed by atoms with Crippen LogP contribution in [0, 0.1) is 10.1 Å². The molecule has 21 heavy (non-hydrogen) atoms. The predicted molar refractivity (Wildman–Crippen MR) is 75.0 cm³/mol. The van der Waals surface area contributed by atoms with E-state index in [0.29, 0.717) is 16.8 Å². The van der Waals surface area contributed by atoms with Gasteiger partial charge >= 0.3 is 5.97 Å². The number of carbonyl (C=O) groups excluding carboxylic acids is 1. The molecule has 0 N–H and O–H groups in total. The highest BCUT2D eigenvalue weighted by Crippen LogP contribution is 2.27. The van der Waals surface area contributed by atoms with E-state index in [9.17, 15) is 14.9 Å². The second-order valence-corrected chi connectivity index (χ2v) is 4.11. The Labute approximate surface area is 120 Å². The van der Waals surface area contributed by atoms with Crippen molar-refractivity contribution in [3.05, 3.63) is 52.2 Å². The number of non-ortho nitro benzene ring substituents is 1. The zero-order valence-corrected chi connectivity index (χ0v) is 11.6. The normalized spacial score (nSPS) is 10.2. The number of esters is 1. The lowest BCUT2D eigenvalue weighted by atomic mass is 10.1. The van der Waals surface area contributed by atoms with Crippen LogP contribution in [0.4, 0.5) is 5.69 Å². The molecule has 0 saturated heterocycles. The molecule has 2 aromatic rings. The number of nitro benzene ring substituents is 1. The van der Waals surface area contributed by atoms with Gasteiger partial charge in [0.25, 0.3) is 5.69 Å². The standard InChI is InChI=1S/C14H14N2O5/c1-3-21-14(17)12-8-9-15(20-2)13(12)10-4-6-11(7-5-10)16(18)19/h4-9H,3H2,1-2H3. The Morgan fingerprint density at radius 1 is 1.29 bits per heavy atom. The van der Waals surface area contributed by atoms with Gasteiger partial charge in [0.2, 0.25) is 0 Å². The van der Waals surface area contributed by atoms with E-state index < -0.39 is 10.9 Å². The molecule has 0 aliphatic rings. The van der Waals surface area contributed by atoms with Crippen molar-refractivity contribution in [2.75, 3.05) is 13.7 Å². The summed E-state index contributed by atoms with van der Waals surface area (Å²) < 4.78 is 6.40. The summed E-state index contributed by atoms with van der Waals surface area (Å²) in [5, 5.41) is 10.7. The maximum Gasteiger partial charge on any atom is 0.340 e. The molecular formula is C14H14N2O5. The number of nitro groups is 1.